The highest BCUT2D eigenvalue weighted by molar-refractivity contribution is 9.10. The summed E-state index contributed by atoms with van der Waals surface area (Å²) in [6.45, 7) is 1.86. The molecule has 1 aromatic heterocycles. The van der Waals surface area contributed by atoms with Crippen molar-refractivity contribution in [3.8, 4) is 5.88 Å². The number of rotatable bonds is 2. The molecule has 3 rings (SSSR count). The Morgan fingerprint density at radius 2 is 2.44 bits per heavy atom. The van der Waals surface area contributed by atoms with Gasteiger partial charge in [0.25, 0.3) is 0 Å². The second kappa shape index (κ2) is 3.58. The number of fused-ring (bicyclic) bond motifs is 4. The maximum atomic E-state index is 11.8. The molecule has 0 spiro atoms. The Kier molecular flexibility index (Phi) is 2.31. The van der Waals surface area contributed by atoms with Crippen LogP contribution in [0.2, 0.25) is 0 Å². The molecule has 1 fully saturated rings. The van der Waals surface area contributed by atoms with Gasteiger partial charge in [-0.1, -0.05) is 6.92 Å². The fourth-order valence-electron chi connectivity index (χ4n) is 2.57. The summed E-state index contributed by atoms with van der Waals surface area (Å²) in [5, 5.41) is 4.39. The lowest BCUT2D eigenvalue weighted by Gasteiger charge is -2.22. The van der Waals surface area contributed by atoms with E-state index in [0.717, 1.165) is 19.3 Å². The molecule has 2 unspecified atom stereocenters. The van der Waals surface area contributed by atoms with Crippen LogP contribution in [0.5, 0.6) is 5.88 Å². The molecule has 4 nitrogen and oxygen atoms in total. The lowest BCUT2D eigenvalue weighted by molar-refractivity contribution is 0.0973. The second-order valence-electron chi connectivity index (χ2n) is 4.40. The van der Waals surface area contributed by atoms with Crippen LogP contribution >= 0.6 is 15.9 Å². The summed E-state index contributed by atoms with van der Waals surface area (Å²) in [5.41, 5.74) is 0.624. The molecule has 0 radical (unpaired) electrons. The largest absolute Gasteiger partial charge is 0.474 e. The first kappa shape index (κ1) is 10.3. The smallest absolute Gasteiger partial charge is 0.224 e. The maximum absolute atomic E-state index is 11.8. The highest BCUT2D eigenvalue weighted by Crippen LogP contribution is 2.43. The number of carbonyl (C=O) groups excluding carboxylic acids is 1. The van der Waals surface area contributed by atoms with Gasteiger partial charge in [-0.3, -0.25) is 4.79 Å². The SMILES string of the molecule is CCC(=O)c1c(Br)nn2c1OC1CCC2C1. The van der Waals surface area contributed by atoms with Gasteiger partial charge in [0.1, 0.15) is 16.3 Å². The quantitative estimate of drug-likeness (QED) is 0.785. The second-order valence-corrected chi connectivity index (χ2v) is 5.15. The van der Waals surface area contributed by atoms with Gasteiger partial charge in [0.05, 0.1) is 6.04 Å². The summed E-state index contributed by atoms with van der Waals surface area (Å²) in [5.74, 6) is 0.770. The minimum atomic E-state index is 0.0921. The average Bonchev–Trinajstić information content (AvgIpc) is 2.81. The first-order valence-corrected chi connectivity index (χ1v) is 6.47. The van der Waals surface area contributed by atoms with Crippen molar-refractivity contribution in [1.29, 1.82) is 0 Å². The number of aromatic nitrogens is 2. The molecular weight excluding hydrogens is 272 g/mol. The van der Waals surface area contributed by atoms with E-state index in [4.69, 9.17) is 4.74 Å². The molecule has 86 valence electrons. The van der Waals surface area contributed by atoms with Gasteiger partial charge in [0.2, 0.25) is 5.88 Å². The van der Waals surface area contributed by atoms with Crippen molar-refractivity contribution in [2.75, 3.05) is 0 Å². The number of ketones is 1. The van der Waals surface area contributed by atoms with E-state index >= 15 is 0 Å². The molecule has 2 aliphatic rings. The topological polar surface area (TPSA) is 44.1 Å². The highest BCUT2D eigenvalue weighted by atomic mass is 79.9. The van der Waals surface area contributed by atoms with Gasteiger partial charge >= 0.3 is 0 Å². The van der Waals surface area contributed by atoms with Gasteiger partial charge in [-0.15, -0.1) is 0 Å². The summed E-state index contributed by atoms with van der Waals surface area (Å²) >= 11 is 3.36. The first-order chi connectivity index (χ1) is 7.70. The average molecular weight is 285 g/mol. The number of halogens is 1. The molecule has 1 aliphatic heterocycles. The zero-order chi connectivity index (χ0) is 11.3. The van der Waals surface area contributed by atoms with Gasteiger partial charge in [0, 0.05) is 12.8 Å². The van der Waals surface area contributed by atoms with Crippen LogP contribution in [0.3, 0.4) is 0 Å². The van der Waals surface area contributed by atoms with Crippen LogP contribution < -0.4 is 4.74 Å². The van der Waals surface area contributed by atoms with Crippen LogP contribution in [0.25, 0.3) is 0 Å². The van der Waals surface area contributed by atoms with Crippen molar-refractivity contribution >= 4 is 21.7 Å². The molecule has 0 amide bonds. The number of Topliss-reactive ketones (excluding diaryl/α,β-unsaturated/α-hetero) is 1. The van der Waals surface area contributed by atoms with Crippen molar-refractivity contribution in [3.05, 3.63) is 10.2 Å². The van der Waals surface area contributed by atoms with Crippen molar-refractivity contribution in [2.45, 2.75) is 44.8 Å². The summed E-state index contributed by atoms with van der Waals surface area (Å²) in [6, 6.07) is 0.420. The van der Waals surface area contributed by atoms with Crippen molar-refractivity contribution in [2.24, 2.45) is 0 Å². The Hall–Kier alpha value is -0.840. The molecule has 2 atom stereocenters. The molecule has 1 aromatic rings. The number of hydrogen-bond acceptors (Lipinski definition) is 3. The van der Waals surface area contributed by atoms with E-state index in [9.17, 15) is 4.79 Å². The minimum Gasteiger partial charge on any atom is -0.474 e. The van der Waals surface area contributed by atoms with Gasteiger partial charge in [-0.05, 0) is 28.8 Å². The first-order valence-electron chi connectivity index (χ1n) is 5.68. The Morgan fingerprint density at radius 3 is 3.19 bits per heavy atom. The van der Waals surface area contributed by atoms with Crippen LogP contribution in [0.15, 0.2) is 4.60 Å². The van der Waals surface area contributed by atoms with E-state index in [1.807, 2.05) is 11.6 Å². The standard InChI is InChI=1S/C11H13BrN2O2/c1-2-8(15)9-10(12)13-14-6-3-4-7(5-6)16-11(9)14/h6-7H,2-5H2,1H3. The molecule has 5 heteroatoms. The van der Waals surface area contributed by atoms with Gasteiger partial charge < -0.3 is 4.74 Å². The molecule has 0 saturated heterocycles. The van der Waals surface area contributed by atoms with Crippen LogP contribution in [-0.2, 0) is 0 Å². The van der Waals surface area contributed by atoms with Crippen LogP contribution in [0, 0.1) is 0 Å². The molecule has 0 aromatic carbocycles. The Morgan fingerprint density at radius 1 is 1.62 bits per heavy atom. The summed E-state index contributed by atoms with van der Waals surface area (Å²) < 4.78 is 8.36. The predicted octanol–water partition coefficient (Wildman–Crippen LogP) is 2.72. The van der Waals surface area contributed by atoms with Gasteiger partial charge in [0.15, 0.2) is 5.78 Å². The van der Waals surface area contributed by atoms with E-state index in [1.54, 1.807) is 0 Å². The molecule has 0 N–H and O–H groups in total. The molecule has 2 bridgehead atoms. The lowest BCUT2D eigenvalue weighted by Crippen LogP contribution is -2.23. The van der Waals surface area contributed by atoms with Gasteiger partial charge in [-0.2, -0.15) is 5.10 Å². The van der Waals surface area contributed by atoms with Crippen LogP contribution in [0.1, 0.15) is 49.0 Å². The van der Waals surface area contributed by atoms with E-state index in [-0.39, 0.29) is 11.9 Å². The fraction of sp³-hybridized carbons (Fsp3) is 0.636. The van der Waals surface area contributed by atoms with E-state index < -0.39 is 0 Å². The highest BCUT2D eigenvalue weighted by Gasteiger charge is 2.38. The predicted molar refractivity (Wildman–Crippen MR) is 61.9 cm³/mol. The lowest BCUT2D eigenvalue weighted by atomic mass is 10.1. The van der Waals surface area contributed by atoms with E-state index in [2.05, 4.69) is 21.0 Å². The molecule has 1 saturated carbocycles. The Labute approximate surface area is 102 Å². The molecular formula is C11H13BrN2O2. The third-order valence-electron chi connectivity index (χ3n) is 3.40. The van der Waals surface area contributed by atoms with Crippen molar-refractivity contribution in [3.63, 3.8) is 0 Å². The summed E-state index contributed by atoms with van der Waals surface area (Å²) in [4.78, 5) is 11.8. The third kappa shape index (κ3) is 1.34. The van der Waals surface area contributed by atoms with E-state index in [0.29, 0.717) is 28.5 Å². The number of ether oxygens (including phenoxy) is 1. The van der Waals surface area contributed by atoms with Crippen molar-refractivity contribution < 1.29 is 9.53 Å². The maximum Gasteiger partial charge on any atom is 0.224 e. The number of carbonyl (C=O) groups is 1. The Balaban J connectivity index is 2.11. The summed E-state index contributed by atoms with van der Waals surface area (Å²) in [7, 11) is 0. The monoisotopic (exact) mass is 284 g/mol. The molecule has 16 heavy (non-hydrogen) atoms. The molecule has 1 aliphatic carbocycles. The normalized spacial score (nSPS) is 26.4. The minimum absolute atomic E-state index is 0.0921. The zero-order valence-corrected chi connectivity index (χ0v) is 10.7. The van der Waals surface area contributed by atoms with E-state index in [1.165, 1.54) is 0 Å². The summed E-state index contributed by atoms with van der Waals surface area (Å²) in [6.07, 6.45) is 3.97. The number of nitrogens with zero attached hydrogens (tertiary/aromatic N) is 2. The number of hydrogen-bond donors (Lipinski definition) is 0. The fourth-order valence-corrected chi connectivity index (χ4v) is 3.13. The zero-order valence-electron chi connectivity index (χ0n) is 9.07. The van der Waals surface area contributed by atoms with Crippen molar-refractivity contribution in [1.82, 2.24) is 9.78 Å². The van der Waals surface area contributed by atoms with Crippen LogP contribution in [0.4, 0.5) is 0 Å². The molecule has 2 heterocycles. The van der Waals surface area contributed by atoms with Crippen LogP contribution in [-0.4, -0.2) is 21.7 Å². The third-order valence-corrected chi connectivity index (χ3v) is 3.96. The van der Waals surface area contributed by atoms with Gasteiger partial charge in [-0.25, -0.2) is 4.68 Å². The Bertz CT molecular complexity index is 455.